The summed E-state index contributed by atoms with van der Waals surface area (Å²) in [5, 5.41) is 9.25. The lowest BCUT2D eigenvalue weighted by atomic mass is 10.5. The van der Waals surface area contributed by atoms with E-state index in [4.69, 9.17) is 9.84 Å². The summed E-state index contributed by atoms with van der Waals surface area (Å²) < 4.78 is 5.21. The molecule has 66 valence electrons. The first-order valence-corrected chi connectivity index (χ1v) is 5.38. The third-order valence-corrected chi connectivity index (χ3v) is 3.19. The van der Waals surface area contributed by atoms with Crippen molar-refractivity contribution in [3.05, 3.63) is 12.2 Å². The number of halogens is 2. The molecule has 0 aromatic carbocycles. The molecule has 0 saturated heterocycles. The first-order chi connectivity index (χ1) is 5.31. The van der Waals surface area contributed by atoms with Crippen LogP contribution >= 0.6 is 31.9 Å². The molecular weight excluding hydrogens is 276 g/mol. The topological polar surface area (TPSA) is 29.5 Å². The van der Waals surface area contributed by atoms with Gasteiger partial charge < -0.3 is 9.84 Å². The molecule has 11 heavy (non-hydrogen) atoms. The Balaban J connectivity index is 3.07. The summed E-state index contributed by atoms with van der Waals surface area (Å²) in [6, 6.07) is 0. The van der Waals surface area contributed by atoms with Crippen molar-refractivity contribution in [1.29, 1.82) is 0 Å². The average molecular weight is 288 g/mol. The van der Waals surface area contributed by atoms with Crippen LogP contribution in [0.3, 0.4) is 0 Å². The first kappa shape index (κ1) is 11.6. The third kappa shape index (κ3) is 8.53. The van der Waals surface area contributed by atoms with E-state index < -0.39 is 0 Å². The highest BCUT2D eigenvalue weighted by atomic mass is 79.9. The summed E-state index contributed by atoms with van der Waals surface area (Å²) in [7, 11) is 0. The standard InChI is InChI=1S/C7H12Br2O2/c8-5-7(9)6-11-4-2-1-3-10/h1-2,7,10H,3-6H2. The number of hydrogen-bond donors (Lipinski definition) is 1. The van der Waals surface area contributed by atoms with Gasteiger partial charge in [-0.05, 0) is 0 Å². The fraction of sp³-hybridized carbons (Fsp3) is 0.714. The van der Waals surface area contributed by atoms with Gasteiger partial charge in [0.2, 0.25) is 0 Å². The lowest BCUT2D eigenvalue weighted by Crippen LogP contribution is -2.09. The Morgan fingerprint density at radius 2 is 2.18 bits per heavy atom. The Morgan fingerprint density at radius 3 is 2.73 bits per heavy atom. The minimum Gasteiger partial charge on any atom is -0.392 e. The van der Waals surface area contributed by atoms with Gasteiger partial charge in [-0.2, -0.15) is 0 Å². The lowest BCUT2D eigenvalue weighted by molar-refractivity contribution is 0.168. The van der Waals surface area contributed by atoms with E-state index in [0.29, 0.717) is 18.0 Å². The number of aliphatic hydroxyl groups excluding tert-OH is 1. The summed E-state index contributed by atoms with van der Waals surface area (Å²) in [5.74, 6) is 0. The minimum absolute atomic E-state index is 0.0829. The van der Waals surface area contributed by atoms with Crippen LogP contribution < -0.4 is 0 Å². The molecule has 0 rings (SSSR count). The van der Waals surface area contributed by atoms with Gasteiger partial charge in [0, 0.05) is 10.2 Å². The normalized spacial score (nSPS) is 14.1. The van der Waals surface area contributed by atoms with E-state index in [-0.39, 0.29) is 6.61 Å². The zero-order chi connectivity index (χ0) is 8.53. The summed E-state index contributed by atoms with van der Waals surface area (Å²) >= 11 is 6.71. The molecule has 0 spiro atoms. The van der Waals surface area contributed by atoms with Gasteiger partial charge >= 0.3 is 0 Å². The highest BCUT2D eigenvalue weighted by Gasteiger charge is 1.98. The van der Waals surface area contributed by atoms with Gasteiger partial charge in [-0.25, -0.2) is 0 Å². The van der Waals surface area contributed by atoms with Gasteiger partial charge in [0.25, 0.3) is 0 Å². The van der Waals surface area contributed by atoms with Crippen LogP contribution in [0.25, 0.3) is 0 Å². The maximum atomic E-state index is 8.36. The van der Waals surface area contributed by atoms with Gasteiger partial charge in [0.15, 0.2) is 0 Å². The van der Waals surface area contributed by atoms with E-state index in [1.165, 1.54) is 0 Å². The highest BCUT2D eigenvalue weighted by molar-refractivity contribution is 9.12. The molecule has 1 unspecified atom stereocenters. The van der Waals surface area contributed by atoms with Gasteiger partial charge in [0.1, 0.15) is 0 Å². The van der Waals surface area contributed by atoms with Crippen LogP contribution in [0.2, 0.25) is 0 Å². The summed E-state index contributed by atoms with van der Waals surface area (Å²) in [6.45, 7) is 1.33. The van der Waals surface area contributed by atoms with Crippen molar-refractivity contribution < 1.29 is 9.84 Å². The second kappa shape index (κ2) is 8.71. The van der Waals surface area contributed by atoms with Crippen LogP contribution in [0.4, 0.5) is 0 Å². The SMILES string of the molecule is OCC=CCOCC(Br)CBr. The third-order valence-electron chi connectivity index (χ3n) is 0.952. The molecule has 0 aliphatic rings. The number of aliphatic hydroxyl groups is 1. The second-order valence-corrected chi connectivity index (χ2v) is 3.89. The largest absolute Gasteiger partial charge is 0.392 e. The lowest BCUT2D eigenvalue weighted by Gasteiger charge is -2.04. The molecule has 0 heterocycles. The zero-order valence-electron chi connectivity index (χ0n) is 6.17. The van der Waals surface area contributed by atoms with Crippen molar-refractivity contribution in [3.8, 4) is 0 Å². The molecule has 0 aliphatic heterocycles. The van der Waals surface area contributed by atoms with E-state index in [2.05, 4.69) is 31.9 Å². The highest BCUT2D eigenvalue weighted by Crippen LogP contribution is 2.03. The molecule has 0 aliphatic carbocycles. The molecule has 0 amide bonds. The Labute approximate surface area is 83.9 Å². The van der Waals surface area contributed by atoms with Crippen LogP contribution in [0.5, 0.6) is 0 Å². The maximum absolute atomic E-state index is 8.36. The van der Waals surface area contributed by atoms with E-state index >= 15 is 0 Å². The van der Waals surface area contributed by atoms with Crippen molar-refractivity contribution in [2.45, 2.75) is 4.83 Å². The molecule has 0 fully saturated rings. The fourth-order valence-electron chi connectivity index (χ4n) is 0.451. The average Bonchev–Trinajstić information content (AvgIpc) is 2.04. The van der Waals surface area contributed by atoms with Gasteiger partial charge in [-0.1, -0.05) is 44.0 Å². The van der Waals surface area contributed by atoms with Crippen molar-refractivity contribution in [2.24, 2.45) is 0 Å². The van der Waals surface area contributed by atoms with E-state index in [1.54, 1.807) is 12.2 Å². The molecule has 0 aromatic rings. The first-order valence-electron chi connectivity index (χ1n) is 3.35. The van der Waals surface area contributed by atoms with Crippen molar-refractivity contribution >= 4 is 31.9 Å². The monoisotopic (exact) mass is 286 g/mol. The number of rotatable bonds is 6. The summed E-state index contributed by atoms with van der Waals surface area (Å²) in [5.41, 5.74) is 0. The van der Waals surface area contributed by atoms with E-state index in [0.717, 1.165) is 5.33 Å². The molecule has 0 radical (unpaired) electrons. The van der Waals surface area contributed by atoms with Crippen LogP contribution in [0, 0.1) is 0 Å². The van der Waals surface area contributed by atoms with Crippen LogP contribution in [0.15, 0.2) is 12.2 Å². The minimum atomic E-state index is 0.0829. The Morgan fingerprint density at radius 1 is 1.45 bits per heavy atom. The van der Waals surface area contributed by atoms with Crippen LogP contribution in [-0.2, 0) is 4.74 Å². The fourth-order valence-corrected chi connectivity index (χ4v) is 0.825. The molecule has 1 N–H and O–H groups in total. The predicted molar refractivity (Wildman–Crippen MR) is 53.6 cm³/mol. The van der Waals surface area contributed by atoms with Crippen LogP contribution in [-0.4, -0.2) is 35.1 Å². The van der Waals surface area contributed by atoms with Crippen molar-refractivity contribution in [2.75, 3.05) is 25.2 Å². The summed E-state index contributed by atoms with van der Waals surface area (Å²) in [4.78, 5) is 0.366. The number of ether oxygens (including phenoxy) is 1. The molecule has 0 saturated carbocycles. The summed E-state index contributed by atoms with van der Waals surface area (Å²) in [6.07, 6.45) is 3.46. The van der Waals surface area contributed by atoms with Gasteiger partial charge in [-0.15, -0.1) is 0 Å². The number of alkyl halides is 2. The van der Waals surface area contributed by atoms with Crippen LogP contribution in [0.1, 0.15) is 0 Å². The zero-order valence-corrected chi connectivity index (χ0v) is 9.34. The van der Waals surface area contributed by atoms with Gasteiger partial charge in [0.05, 0.1) is 19.8 Å². The Bertz CT molecular complexity index is 107. The molecule has 4 heteroatoms. The Hall–Kier alpha value is 0.620. The van der Waals surface area contributed by atoms with Gasteiger partial charge in [-0.3, -0.25) is 0 Å². The maximum Gasteiger partial charge on any atom is 0.0648 e. The van der Waals surface area contributed by atoms with Crippen molar-refractivity contribution in [3.63, 3.8) is 0 Å². The molecule has 1 atom stereocenters. The second-order valence-electron chi connectivity index (χ2n) is 1.94. The number of hydrogen-bond acceptors (Lipinski definition) is 2. The van der Waals surface area contributed by atoms with Crippen molar-refractivity contribution in [1.82, 2.24) is 0 Å². The molecular formula is C7H12Br2O2. The quantitative estimate of drug-likeness (QED) is 0.458. The predicted octanol–water partition coefficient (Wildman–Crippen LogP) is 1.71. The van der Waals surface area contributed by atoms with E-state index in [1.807, 2.05) is 0 Å². The smallest absolute Gasteiger partial charge is 0.0648 e. The molecule has 0 aromatic heterocycles. The molecule has 0 bridgehead atoms. The molecule has 2 nitrogen and oxygen atoms in total. The Kier molecular flexibility index (Phi) is 9.21. The van der Waals surface area contributed by atoms with E-state index in [9.17, 15) is 0 Å².